The summed E-state index contributed by atoms with van der Waals surface area (Å²) < 4.78 is 16.0. The first-order chi connectivity index (χ1) is 18.0. The molecule has 1 aromatic rings. The summed E-state index contributed by atoms with van der Waals surface area (Å²) in [6, 6.07) is 2.82. The lowest BCUT2D eigenvalue weighted by molar-refractivity contribution is -0.142. The van der Waals surface area contributed by atoms with Gasteiger partial charge < -0.3 is 19.3 Å². The van der Waals surface area contributed by atoms with Crippen molar-refractivity contribution in [3.63, 3.8) is 0 Å². The van der Waals surface area contributed by atoms with Crippen LogP contribution in [-0.2, 0) is 23.9 Å². The van der Waals surface area contributed by atoms with E-state index >= 15 is 0 Å². The highest BCUT2D eigenvalue weighted by Crippen LogP contribution is 2.64. The number of fused-ring (bicyclic) bond motifs is 4. The molecule has 10 heteroatoms. The number of ketones is 2. The van der Waals surface area contributed by atoms with E-state index in [9.17, 15) is 29.1 Å². The number of allylic oxidation sites excluding steroid dienone is 4. The van der Waals surface area contributed by atoms with Crippen molar-refractivity contribution < 1.29 is 43.3 Å². The largest absolute Gasteiger partial charge is 0.508 e. The molecule has 200 valence electrons. The SMILES string of the molecule is COC(=O)N1C(=O)[C@H]2[C@H](CC=C3[C@H]2C[C@H]2C(=O)C=C(C)C(=O)[C@@]2(C)[C@H]3c2c(OC)cc(O)cc2OC)C1=O. The second kappa shape index (κ2) is 8.82. The molecule has 1 aliphatic heterocycles. The van der Waals surface area contributed by atoms with E-state index < -0.39 is 52.9 Å². The van der Waals surface area contributed by atoms with Crippen molar-refractivity contribution in [1.29, 1.82) is 0 Å². The van der Waals surface area contributed by atoms with Crippen LogP contribution in [0, 0.1) is 29.1 Å². The van der Waals surface area contributed by atoms with Crippen LogP contribution in [0.2, 0.25) is 0 Å². The maximum atomic E-state index is 13.9. The number of benzene rings is 1. The van der Waals surface area contributed by atoms with Gasteiger partial charge in [-0.05, 0) is 37.3 Å². The average Bonchev–Trinajstić information content (AvgIpc) is 3.15. The summed E-state index contributed by atoms with van der Waals surface area (Å²) in [4.78, 5) is 66.9. The Labute approximate surface area is 219 Å². The number of likely N-dealkylation sites (tertiary alicyclic amines) is 1. The average molecular weight is 524 g/mol. The number of Topliss-reactive ketones (excluding diaryl/α,β-unsaturated/α-hetero) is 1. The summed E-state index contributed by atoms with van der Waals surface area (Å²) in [5.41, 5.74) is 0.242. The molecule has 0 bridgehead atoms. The van der Waals surface area contributed by atoms with Crippen molar-refractivity contribution in [3.05, 3.63) is 41.0 Å². The molecule has 3 aliphatic carbocycles. The minimum absolute atomic E-state index is 0.110. The molecule has 5 rings (SSSR count). The number of hydrogen-bond donors (Lipinski definition) is 1. The van der Waals surface area contributed by atoms with E-state index in [2.05, 4.69) is 4.74 Å². The van der Waals surface area contributed by atoms with Gasteiger partial charge in [-0.2, -0.15) is 4.90 Å². The van der Waals surface area contributed by atoms with Crippen molar-refractivity contribution in [2.24, 2.45) is 29.1 Å². The van der Waals surface area contributed by atoms with Crippen LogP contribution < -0.4 is 9.47 Å². The molecule has 0 spiro atoms. The van der Waals surface area contributed by atoms with Crippen LogP contribution in [0.5, 0.6) is 17.2 Å². The fourth-order valence-corrected chi connectivity index (χ4v) is 7.18. The highest BCUT2D eigenvalue weighted by Gasteiger charge is 2.64. The Morgan fingerprint density at radius 2 is 1.66 bits per heavy atom. The second-order valence-corrected chi connectivity index (χ2v) is 10.5. The van der Waals surface area contributed by atoms with Crippen molar-refractivity contribution >= 4 is 29.5 Å². The van der Waals surface area contributed by atoms with E-state index in [1.165, 1.54) is 32.4 Å². The molecule has 2 fully saturated rings. The van der Waals surface area contributed by atoms with Gasteiger partial charge in [0.25, 0.3) is 0 Å². The Hall–Kier alpha value is -3.95. The number of imide groups is 3. The predicted octanol–water partition coefficient (Wildman–Crippen LogP) is 2.93. The van der Waals surface area contributed by atoms with Crippen molar-refractivity contribution in [3.8, 4) is 17.2 Å². The van der Waals surface area contributed by atoms with Gasteiger partial charge in [0.15, 0.2) is 11.6 Å². The fraction of sp³-hybridized carbons (Fsp3) is 0.464. The third kappa shape index (κ3) is 3.28. The number of carbonyl (C=O) groups is 5. The Kier molecular flexibility index (Phi) is 5.96. The Bertz CT molecular complexity index is 1330. The van der Waals surface area contributed by atoms with Crippen LogP contribution in [0.25, 0.3) is 0 Å². The normalized spacial score (nSPS) is 32.1. The zero-order valence-corrected chi connectivity index (χ0v) is 21.8. The number of carbonyl (C=O) groups excluding carboxylic acids is 5. The zero-order valence-electron chi connectivity index (χ0n) is 21.8. The highest BCUT2D eigenvalue weighted by atomic mass is 16.5. The number of rotatable bonds is 3. The third-order valence-electron chi connectivity index (χ3n) is 8.82. The first-order valence-corrected chi connectivity index (χ1v) is 12.4. The molecule has 10 nitrogen and oxygen atoms in total. The van der Waals surface area contributed by atoms with Crippen molar-refractivity contribution in [1.82, 2.24) is 4.90 Å². The number of ether oxygens (including phenoxy) is 3. The highest BCUT2D eigenvalue weighted by molar-refractivity contribution is 6.16. The van der Waals surface area contributed by atoms with Gasteiger partial charge in [-0.25, -0.2) is 4.79 Å². The van der Waals surface area contributed by atoms with E-state index in [0.29, 0.717) is 21.6 Å². The fourth-order valence-electron chi connectivity index (χ4n) is 7.18. The quantitative estimate of drug-likeness (QED) is 0.468. The van der Waals surface area contributed by atoms with E-state index in [-0.39, 0.29) is 41.7 Å². The summed E-state index contributed by atoms with van der Waals surface area (Å²) in [5, 5.41) is 10.3. The lowest BCUT2D eigenvalue weighted by Crippen LogP contribution is -2.55. The van der Waals surface area contributed by atoms with Gasteiger partial charge in [0.2, 0.25) is 11.8 Å². The molecule has 6 atom stereocenters. The van der Waals surface area contributed by atoms with Gasteiger partial charge in [0.05, 0.1) is 38.6 Å². The Balaban J connectivity index is 1.76. The molecule has 1 N–H and O–H groups in total. The monoisotopic (exact) mass is 523 g/mol. The molecule has 0 unspecified atom stereocenters. The maximum absolute atomic E-state index is 13.9. The Morgan fingerprint density at radius 1 is 1.03 bits per heavy atom. The molecule has 1 saturated carbocycles. The zero-order chi connectivity index (χ0) is 27.7. The summed E-state index contributed by atoms with van der Waals surface area (Å²) in [5.74, 6) is -5.20. The molecular weight excluding hydrogens is 494 g/mol. The molecule has 0 radical (unpaired) electrons. The van der Waals surface area contributed by atoms with Crippen LogP contribution >= 0.6 is 0 Å². The van der Waals surface area contributed by atoms with Gasteiger partial charge >= 0.3 is 6.09 Å². The molecule has 1 saturated heterocycles. The number of nitrogens with zero attached hydrogens (tertiary/aromatic N) is 1. The number of phenolic OH excluding ortho intramolecular Hbond substituents is 1. The molecule has 38 heavy (non-hydrogen) atoms. The summed E-state index contributed by atoms with van der Waals surface area (Å²) in [6.07, 6.45) is 2.48. The van der Waals surface area contributed by atoms with Crippen molar-refractivity contribution in [2.75, 3.05) is 21.3 Å². The summed E-state index contributed by atoms with van der Waals surface area (Å²) >= 11 is 0. The van der Waals surface area contributed by atoms with E-state index in [1.807, 2.05) is 6.08 Å². The van der Waals surface area contributed by atoms with Crippen LogP contribution in [0.4, 0.5) is 4.79 Å². The molecule has 3 amide bonds. The minimum atomic E-state index is -1.25. The molecular formula is C28H29NO9. The lowest BCUT2D eigenvalue weighted by Gasteiger charge is -2.53. The van der Waals surface area contributed by atoms with Crippen LogP contribution in [0.15, 0.2) is 35.4 Å². The van der Waals surface area contributed by atoms with Gasteiger partial charge in [-0.15, -0.1) is 0 Å². The van der Waals surface area contributed by atoms with E-state index in [1.54, 1.807) is 13.8 Å². The van der Waals surface area contributed by atoms with Gasteiger partial charge in [-0.3, -0.25) is 19.2 Å². The smallest absolute Gasteiger partial charge is 0.423 e. The Morgan fingerprint density at radius 3 is 2.24 bits per heavy atom. The summed E-state index contributed by atoms with van der Waals surface area (Å²) in [6.45, 7) is 3.35. The standard InChI is InChI=1S/C28H29NO9/c1-12-8-18(31)17-11-16-14(6-7-15-21(16)26(34)29(25(15)33)27(35)38-5)23(28(17,2)24(12)32)22-19(36-3)9-13(30)10-20(22)37-4/h6,8-10,15-17,21,23,30H,7,11H2,1-5H3/t15-,16+,17-,21-,23+,28+/m0/s1. The first kappa shape index (κ1) is 25.7. The minimum Gasteiger partial charge on any atom is -0.508 e. The van der Waals surface area contributed by atoms with Crippen LogP contribution in [-0.4, -0.2) is 60.8 Å². The number of aromatic hydroxyl groups is 1. The van der Waals surface area contributed by atoms with E-state index in [0.717, 1.165) is 7.11 Å². The predicted molar refractivity (Wildman–Crippen MR) is 131 cm³/mol. The molecule has 1 heterocycles. The first-order valence-electron chi connectivity index (χ1n) is 12.4. The van der Waals surface area contributed by atoms with Crippen LogP contribution in [0.1, 0.15) is 38.2 Å². The molecule has 1 aromatic carbocycles. The topological polar surface area (TPSA) is 137 Å². The number of phenols is 1. The number of hydrogen-bond acceptors (Lipinski definition) is 9. The number of amides is 3. The molecule has 0 aromatic heterocycles. The van der Waals surface area contributed by atoms with Gasteiger partial charge in [-0.1, -0.05) is 18.6 Å². The lowest BCUT2D eigenvalue weighted by atomic mass is 9.47. The van der Waals surface area contributed by atoms with Crippen LogP contribution in [0.3, 0.4) is 0 Å². The summed E-state index contributed by atoms with van der Waals surface area (Å²) in [7, 11) is 3.95. The van der Waals surface area contributed by atoms with E-state index in [4.69, 9.17) is 9.47 Å². The maximum Gasteiger partial charge on any atom is 0.423 e. The molecule has 4 aliphatic rings. The second-order valence-electron chi connectivity index (χ2n) is 10.5. The van der Waals surface area contributed by atoms with Gasteiger partial charge in [0.1, 0.15) is 17.2 Å². The number of methoxy groups -OCH3 is 3. The third-order valence-corrected chi connectivity index (χ3v) is 8.82. The van der Waals surface area contributed by atoms with Gasteiger partial charge in [0, 0.05) is 29.5 Å². The van der Waals surface area contributed by atoms with Crippen molar-refractivity contribution in [2.45, 2.75) is 32.6 Å².